The first-order chi connectivity index (χ1) is 9.20. The van der Waals surface area contributed by atoms with E-state index in [1.165, 1.54) is 0 Å². The maximum atomic E-state index is 12.2. The Morgan fingerprint density at radius 2 is 1.75 bits per heavy atom. The molecule has 0 aromatic rings. The topological polar surface area (TPSA) is 70.1 Å². The summed E-state index contributed by atoms with van der Waals surface area (Å²) < 4.78 is 5.01. The molecule has 118 valence electrons. The number of rotatable bonds is 10. The number of carbonyl (C=O) groups is 2. The van der Waals surface area contributed by atoms with Gasteiger partial charge in [-0.1, -0.05) is 0 Å². The van der Waals surface area contributed by atoms with Crippen molar-refractivity contribution < 1.29 is 19.4 Å². The normalized spacial score (nSPS) is 11.7. The first-order valence-corrected chi connectivity index (χ1v) is 6.85. The molecule has 1 amide bonds. The summed E-state index contributed by atoms with van der Waals surface area (Å²) in [6.07, 6.45) is 0.865. The highest BCUT2D eigenvalue weighted by Gasteiger charge is 2.31. The first-order valence-electron chi connectivity index (χ1n) is 6.85. The highest BCUT2D eigenvalue weighted by atomic mass is 16.5. The van der Waals surface area contributed by atoms with E-state index in [2.05, 4.69) is 4.90 Å². The molecule has 0 radical (unpaired) electrons. The number of hydrogen-bond donors (Lipinski definition) is 1. The van der Waals surface area contributed by atoms with Crippen molar-refractivity contribution in [1.82, 2.24) is 9.80 Å². The Hall–Kier alpha value is -1.14. The molecule has 20 heavy (non-hydrogen) atoms. The minimum atomic E-state index is -1.04. The molecule has 0 bridgehead atoms. The van der Waals surface area contributed by atoms with E-state index < -0.39 is 11.4 Å². The SMILES string of the molecule is COCCN(CCCN(C)C)C(=O)CC(C)(C)C(=O)O. The Bertz CT molecular complexity index is 316. The maximum Gasteiger partial charge on any atom is 0.309 e. The van der Waals surface area contributed by atoms with Crippen molar-refractivity contribution >= 4 is 11.9 Å². The van der Waals surface area contributed by atoms with E-state index in [1.54, 1.807) is 25.9 Å². The van der Waals surface area contributed by atoms with Crippen LogP contribution in [0.4, 0.5) is 0 Å². The molecule has 6 heteroatoms. The van der Waals surface area contributed by atoms with Crippen LogP contribution in [-0.4, -0.2) is 74.2 Å². The van der Waals surface area contributed by atoms with Gasteiger partial charge in [0.2, 0.25) is 5.91 Å². The second-order valence-electron chi connectivity index (χ2n) is 5.90. The quantitative estimate of drug-likeness (QED) is 0.647. The van der Waals surface area contributed by atoms with Gasteiger partial charge in [-0.15, -0.1) is 0 Å². The predicted octanol–water partition coefficient (Wildman–Crippen LogP) is 0.914. The summed E-state index contributed by atoms with van der Waals surface area (Å²) in [6.45, 7) is 5.61. The van der Waals surface area contributed by atoms with Crippen LogP contribution in [0.25, 0.3) is 0 Å². The number of ether oxygens (including phenoxy) is 1. The molecule has 0 heterocycles. The van der Waals surface area contributed by atoms with Crippen LogP contribution >= 0.6 is 0 Å². The van der Waals surface area contributed by atoms with Crippen LogP contribution < -0.4 is 0 Å². The molecular weight excluding hydrogens is 260 g/mol. The summed E-state index contributed by atoms with van der Waals surface area (Å²) in [5.41, 5.74) is -1.04. The standard InChI is InChI=1S/C14H28N2O4/c1-14(2,13(18)19)11-12(17)16(9-10-20-5)8-6-7-15(3)4/h6-11H2,1-5H3,(H,18,19). The number of carboxylic acids is 1. The van der Waals surface area contributed by atoms with Gasteiger partial charge in [0.15, 0.2) is 0 Å². The zero-order valence-electron chi connectivity index (χ0n) is 13.3. The Labute approximate surface area is 121 Å². The van der Waals surface area contributed by atoms with E-state index in [4.69, 9.17) is 9.84 Å². The minimum absolute atomic E-state index is 0.00795. The third-order valence-electron chi connectivity index (χ3n) is 3.12. The zero-order valence-corrected chi connectivity index (χ0v) is 13.3. The lowest BCUT2D eigenvalue weighted by molar-refractivity contribution is -0.151. The second-order valence-corrected chi connectivity index (χ2v) is 5.90. The van der Waals surface area contributed by atoms with Crippen LogP contribution in [0.15, 0.2) is 0 Å². The molecule has 0 saturated carbocycles. The number of methoxy groups -OCH3 is 1. The van der Waals surface area contributed by atoms with Crippen molar-refractivity contribution in [3.8, 4) is 0 Å². The molecule has 0 aliphatic carbocycles. The van der Waals surface area contributed by atoms with Gasteiger partial charge < -0.3 is 19.6 Å². The zero-order chi connectivity index (χ0) is 15.8. The van der Waals surface area contributed by atoms with E-state index in [1.807, 2.05) is 14.1 Å². The number of carbonyl (C=O) groups excluding carboxylic acids is 1. The molecule has 0 atom stereocenters. The fourth-order valence-electron chi connectivity index (χ4n) is 1.71. The molecule has 0 rings (SSSR count). The van der Waals surface area contributed by atoms with Crippen molar-refractivity contribution in [3.05, 3.63) is 0 Å². The van der Waals surface area contributed by atoms with Crippen LogP contribution in [0.3, 0.4) is 0 Å². The Kier molecular flexibility index (Phi) is 8.41. The van der Waals surface area contributed by atoms with Crippen LogP contribution in [0.5, 0.6) is 0 Å². The average Bonchev–Trinajstić information content (AvgIpc) is 2.32. The van der Waals surface area contributed by atoms with E-state index >= 15 is 0 Å². The van der Waals surface area contributed by atoms with Crippen molar-refractivity contribution in [1.29, 1.82) is 0 Å². The Balaban J connectivity index is 4.51. The smallest absolute Gasteiger partial charge is 0.309 e. The number of hydrogen-bond acceptors (Lipinski definition) is 4. The molecule has 1 N–H and O–H groups in total. The van der Waals surface area contributed by atoms with E-state index in [-0.39, 0.29) is 12.3 Å². The molecule has 0 aromatic heterocycles. The van der Waals surface area contributed by atoms with Crippen LogP contribution in [0.2, 0.25) is 0 Å². The molecule has 0 saturated heterocycles. The highest BCUT2D eigenvalue weighted by Crippen LogP contribution is 2.21. The molecular formula is C14H28N2O4. The second kappa shape index (κ2) is 8.92. The molecule has 0 aromatic carbocycles. The van der Waals surface area contributed by atoms with Crippen molar-refractivity contribution in [3.63, 3.8) is 0 Å². The molecule has 0 spiro atoms. The summed E-state index contributed by atoms with van der Waals surface area (Å²) in [7, 11) is 5.55. The lowest BCUT2D eigenvalue weighted by Crippen LogP contribution is -2.39. The number of carboxylic acid groups (broad SMARTS) is 1. The van der Waals surface area contributed by atoms with E-state index in [0.29, 0.717) is 19.7 Å². The Morgan fingerprint density at radius 1 is 1.15 bits per heavy atom. The summed E-state index contributed by atoms with van der Waals surface area (Å²) in [5, 5.41) is 9.09. The molecule has 0 unspecified atom stereocenters. The average molecular weight is 288 g/mol. The molecule has 0 aliphatic heterocycles. The summed E-state index contributed by atoms with van der Waals surface area (Å²) in [4.78, 5) is 27.1. The van der Waals surface area contributed by atoms with Gasteiger partial charge in [0.1, 0.15) is 0 Å². The third-order valence-corrected chi connectivity index (χ3v) is 3.12. The highest BCUT2D eigenvalue weighted by molar-refractivity contribution is 5.84. The van der Waals surface area contributed by atoms with E-state index in [9.17, 15) is 9.59 Å². The van der Waals surface area contributed by atoms with Crippen molar-refractivity contribution in [2.45, 2.75) is 26.7 Å². The Morgan fingerprint density at radius 3 is 2.20 bits per heavy atom. The van der Waals surface area contributed by atoms with Crippen LogP contribution in [-0.2, 0) is 14.3 Å². The number of amides is 1. The fourth-order valence-corrected chi connectivity index (χ4v) is 1.71. The largest absolute Gasteiger partial charge is 0.481 e. The van der Waals surface area contributed by atoms with Crippen molar-refractivity contribution in [2.24, 2.45) is 5.41 Å². The number of nitrogens with zero attached hydrogens (tertiary/aromatic N) is 2. The van der Waals surface area contributed by atoms with Crippen LogP contribution in [0.1, 0.15) is 26.7 Å². The van der Waals surface area contributed by atoms with Gasteiger partial charge in [0.25, 0.3) is 0 Å². The lowest BCUT2D eigenvalue weighted by atomic mass is 9.89. The third kappa shape index (κ3) is 7.45. The van der Waals surface area contributed by atoms with Gasteiger partial charge in [-0.05, 0) is 40.9 Å². The number of aliphatic carboxylic acids is 1. The summed E-state index contributed by atoms with van der Waals surface area (Å²) >= 11 is 0. The van der Waals surface area contributed by atoms with Crippen LogP contribution in [0, 0.1) is 5.41 Å². The van der Waals surface area contributed by atoms with Gasteiger partial charge in [-0.25, -0.2) is 0 Å². The fraction of sp³-hybridized carbons (Fsp3) is 0.857. The predicted molar refractivity (Wildman–Crippen MR) is 77.7 cm³/mol. The molecule has 6 nitrogen and oxygen atoms in total. The van der Waals surface area contributed by atoms with Gasteiger partial charge in [0, 0.05) is 26.6 Å². The summed E-state index contributed by atoms with van der Waals surface area (Å²) in [5.74, 6) is -1.08. The van der Waals surface area contributed by atoms with Gasteiger partial charge >= 0.3 is 5.97 Å². The minimum Gasteiger partial charge on any atom is -0.481 e. The van der Waals surface area contributed by atoms with Gasteiger partial charge in [-0.2, -0.15) is 0 Å². The molecule has 0 aliphatic rings. The van der Waals surface area contributed by atoms with Crippen molar-refractivity contribution in [2.75, 3.05) is 47.4 Å². The maximum absolute atomic E-state index is 12.2. The summed E-state index contributed by atoms with van der Waals surface area (Å²) in [6, 6.07) is 0. The monoisotopic (exact) mass is 288 g/mol. The first kappa shape index (κ1) is 18.9. The van der Waals surface area contributed by atoms with E-state index in [0.717, 1.165) is 13.0 Å². The molecule has 0 fully saturated rings. The van der Waals surface area contributed by atoms with Gasteiger partial charge in [0.05, 0.1) is 12.0 Å². The van der Waals surface area contributed by atoms with Gasteiger partial charge in [-0.3, -0.25) is 9.59 Å². The lowest BCUT2D eigenvalue weighted by Gasteiger charge is -2.27.